The molecule has 2 aromatic carbocycles. The summed E-state index contributed by atoms with van der Waals surface area (Å²) in [5.74, 6) is -2.24. The van der Waals surface area contributed by atoms with Crippen molar-refractivity contribution in [1.82, 2.24) is 0 Å². The Morgan fingerprint density at radius 1 is 1.07 bits per heavy atom. The first-order valence-corrected chi connectivity index (χ1v) is 7.39. The van der Waals surface area contributed by atoms with E-state index in [1.165, 1.54) is 12.1 Å². The van der Waals surface area contributed by atoms with Gasteiger partial charge in [0.25, 0.3) is 0 Å². The smallest absolute Gasteiger partial charge is 0.489 e. The van der Waals surface area contributed by atoms with Crippen LogP contribution in [0.2, 0.25) is 0 Å². The number of aliphatic carboxylic acids is 1. The molecular weight excluding hydrogens is 370 g/mol. The third-order valence-corrected chi connectivity index (χ3v) is 2.90. The van der Waals surface area contributed by atoms with Crippen LogP contribution in [0.25, 0.3) is 0 Å². The number of carboxylic acid groups (broad SMARTS) is 1. The van der Waals surface area contributed by atoms with Gasteiger partial charge >= 0.3 is 12.1 Å². The van der Waals surface area contributed by atoms with Crippen molar-refractivity contribution >= 4 is 11.9 Å². The van der Waals surface area contributed by atoms with Gasteiger partial charge in [0.15, 0.2) is 5.96 Å². The molecule has 0 aliphatic rings. The zero-order valence-corrected chi connectivity index (χ0v) is 13.9. The summed E-state index contributed by atoms with van der Waals surface area (Å²) in [7, 11) is 0. The van der Waals surface area contributed by atoms with Crippen LogP contribution >= 0.6 is 0 Å². The molecule has 0 aromatic heterocycles. The number of rotatable bonds is 5. The number of aliphatic imine (C=N–C) groups is 1. The van der Waals surface area contributed by atoms with E-state index in [2.05, 4.69) is 4.99 Å². The first-order valence-electron chi connectivity index (χ1n) is 7.39. The van der Waals surface area contributed by atoms with Crippen molar-refractivity contribution < 1.29 is 32.2 Å². The molecule has 146 valence electrons. The fraction of sp³-hybridized carbons (Fsp3) is 0.176. The van der Waals surface area contributed by atoms with Crippen molar-refractivity contribution in [1.29, 1.82) is 0 Å². The van der Waals surface area contributed by atoms with Gasteiger partial charge in [0.05, 0.1) is 6.54 Å². The van der Waals surface area contributed by atoms with Crippen LogP contribution in [0.5, 0.6) is 5.75 Å². The summed E-state index contributed by atoms with van der Waals surface area (Å²) in [6.45, 7) is 0.794. The van der Waals surface area contributed by atoms with Gasteiger partial charge in [-0.1, -0.05) is 24.3 Å². The predicted octanol–water partition coefficient (Wildman–Crippen LogP) is 2.81. The highest BCUT2D eigenvalue weighted by Crippen LogP contribution is 2.16. The summed E-state index contributed by atoms with van der Waals surface area (Å²) < 4.78 is 50.2. The molecule has 0 atom stereocenters. The minimum Gasteiger partial charge on any atom is -0.489 e. The third-order valence-electron chi connectivity index (χ3n) is 2.90. The minimum absolute atomic E-state index is 0.0580. The summed E-state index contributed by atoms with van der Waals surface area (Å²) in [4.78, 5) is 12.8. The molecule has 0 bridgehead atoms. The number of carbonyl (C=O) groups is 1. The fourth-order valence-electron chi connectivity index (χ4n) is 1.66. The Morgan fingerprint density at radius 3 is 2.19 bits per heavy atom. The molecule has 2 rings (SSSR count). The maximum Gasteiger partial charge on any atom is 0.490 e. The van der Waals surface area contributed by atoms with Crippen LogP contribution in [0.15, 0.2) is 53.5 Å². The van der Waals surface area contributed by atoms with E-state index in [1.807, 2.05) is 24.3 Å². The molecule has 0 saturated heterocycles. The number of guanidine groups is 1. The van der Waals surface area contributed by atoms with Gasteiger partial charge in [-0.3, -0.25) is 0 Å². The second-order valence-electron chi connectivity index (χ2n) is 5.11. The average Bonchev–Trinajstić information content (AvgIpc) is 2.59. The van der Waals surface area contributed by atoms with Gasteiger partial charge in [0.2, 0.25) is 0 Å². The van der Waals surface area contributed by atoms with Crippen LogP contribution in [-0.2, 0) is 17.9 Å². The Labute approximate surface area is 152 Å². The number of nitrogens with two attached hydrogens (primary N) is 2. The van der Waals surface area contributed by atoms with E-state index in [4.69, 9.17) is 26.1 Å². The highest BCUT2D eigenvalue weighted by atomic mass is 19.4. The van der Waals surface area contributed by atoms with E-state index in [1.54, 1.807) is 12.1 Å². The number of carboxylic acids is 1. The van der Waals surface area contributed by atoms with E-state index in [-0.39, 0.29) is 11.8 Å². The molecule has 0 aliphatic heterocycles. The molecule has 0 saturated carbocycles. The Kier molecular flexibility index (Phi) is 8.05. The van der Waals surface area contributed by atoms with Gasteiger partial charge in [-0.2, -0.15) is 13.2 Å². The van der Waals surface area contributed by atoms with Gasteiger partial charge in [-0.15, -0.1) is 0 Å². The second kappa shape index (κ2) is 10.00. The zero-order valence-electron chi connectivity index (χ0n) is 13.9. The maximum absolute atomic E-state index is 12.8. The number of alkyl halides is 3. The molecular formula is C17H17F4N3O3. The number of halogens is 4. The van der Waals surface area contributed by atoms with Crippen LogP contribution in [0, 0.1) is 5.82 Å². The summed E-state index contributed by atoms with van der Waals surface area (Å²) in [5, 5.41) is 7.12. The van der Waals surface area contributed by atoms with E-state index >= 15 is 0 Å². The van der Waals surface area contributed by atoms with Crippen LogP contribution in [-0.4, -0.2) is 23.2 Å². The van der Waals surface area contributed by atoms with Crippen LogP contribution in [0.1, 0.15) is 11.1 Å². The molecule has 0 aliphatic carbocycles. The number of benzene rings is 2. The standard InChI is InChI=1S/C15H16FN3O.C2HF3O2/c16-13-6-4-11(5-7-13)10-20-14-3-1-2-12(8-14)9-19-15(17)18;3-2(4,5)1(6)7/h1-8H,9-10H2,(H4,17,18,19);(H,6,7). The predicted molar refractivity (Wildman–Crippen MR) is 90.4 cm³/mol. The minimum atomic E-state index is -5.08. The van der Waals surface area contributed by atoms with Gasteiger partial charge in [0.1, 0.15) is 18.2 Å². The lowest BCUT2D eigenvalue weighted by molar-refractivity contribution is -0.192. The topological polar surface area (TPSA) is 111 Å². The molecule has 0 spiro atoms. The highest BCUT2D eigenvalue weighted by molar-refractivity contribution is 5.75. The normalized spacial score (nSPS) is 10.4. The first-order chi connectivity index (χ1) is 12.6. The van der Waals surface area contributed by atoms with Crippen LogP contribution in [0.4, 0.5) is 17.6 Å². The fourth-order valence-corrected chi connectivity index (χ4v) is 1.66. The number of nitrogens with zero attached hydrogens (tertiary/aromatic N) is 1. The summed E-state index contributed by atoms with van der Waals surface area (Å²) in [6.07, 6.45) is -5.08. The highest BCUT2D eigenvalue weighted by Gasteiger charge is 2.38. The number of ether oxygens (including phenoxy) is 1. The average molecular weight is 387 g/mol. The van der Waals surface area contributed by atoms with Gasteiger partial charge in [0, 0.05) is 0 Å². The largest absolute Gasteiger partial charge is 0.490 e. The molecule has 0 amide bonds. The lowest BCUT2D eigenvalue weighted by atomic mass is 10.2. The molecule has 2 aromatic rings. The van der Waals surface area contributed by atoms with Crippen molar-refractivity contribution in [2.24, 2.45) is 16.5 Å². The van der Waals surface area contributed by atoms with E-state index in [0.717, 1.165) is 16.9 Å². The SMILES string of the molecule is NC(N)=NCc1cccc(OCc2ccc(F)cc2)c1.O=C(O)C(F)(F)F. The third kappa shape index (κ3) is 9.10. The molecule has 0 fully saturated rings. The lowest BCUT2D eigenvalue weighted by Gasteiger charge is -2.07. The number of hydrogen-bond donors (Lipinski definition) is 3. The molecule has 6 nitrogen and oxygen atoms in total. The van der Waals surface area contributed by atoms with E-state index < -0.39 is 12.1 Å². The molecule has 0 unspecified atom stereocenters. The summed E-state index contributed by atoms with van der Waals surface area (Å²) in [6, 6.07) is 13.7. The zero-order chi connectivity index (χ0) is 20.4. The van der Waals surface area contributed by atoms with Crippen LogP contribution in [0.3, 0.4) is 0 Å². The van der Waals surface area contributed by atoms with Crippen molar-refractivity contribution in [3.63, 3.8) is 0 Å². The van der Waals surface area contributed by atoms with E-state index in [9.17, 15) is 17.6 Å². The van der Waals surface area contributed by atoms with Crippen molar-refractivity contribution in [2.45, 2.75) is 19.3 Å². The van der Waals surface area contributed by atoms with Crippen molar-refractivity contribution in [3.05, 3.63) is 65.5 Å². The van der Waals surface area contributed by atoms with Gasteiger partial charge < -0.3 is 21.3 Å². The molecule has 0 radical (unpaired) electrons. The molecule has 27 heavy (non-hydrogen) atoms. The quantitative estimate of drug-likeness (QED) is 0.415. The Balaban J connectivity index is 0.000000445. The van der Waals surface area contributed by atoms with Crippen molar-refractivity contribution in [2.75, 3.05) is 0 Å². The van der Waals surface area contributed by atoms with E-state index in [0.29, 0.717) is 13.2 Å². The monoisotopic (exact) mass is 387 g/mol. The first kappa shape index (κ1) is 21.7. The van der Waals surface area contributed by atoms with Crippen LogP contribution < -0.4 is 16.2 Å². The van der Waals surface area contributed by atoms with Gasteiger partial charge in [-0.05, 0) is 35.4 Å². The van der Waals surface area contributed by atoms with Crippen molar-refractivity contribution in [3.8, 4) is 5.75 Å². The van der Waals surface area contributed by atoms with Gasteiger partial charge in [-0.25, -0.2) is 14.2 Å². The lowest BCUT2D eigenvalue weighted by Crippen LogP contribution is -2.22. The Bertz CT molecular complexity index is 774. The number of hydrogen-bond acceptors (Lipinski definition) is 3. The molecule has 10 heteroatoms. The Morgan fingerprint density at radius 2 is 1.67 bits per heavy atom. The summed E-state index contributed by atoms with van der Waals surface area (Å²) >= 11 is 0. The summed E-state index contributed by atoms with van der Waals surface area (Å²) in [5.41, 5.74) is 12.4. The molecule has 5 N–H and O–H groups in total. The second-order valence-corrected chi connectivity index (χ2v) is 5.11. The molecule has 0 heterocycles. The maximum atomic E-state index is 12.8. The Hall–Kier alpha value is -3.30.